The molecule has 0 N–H and O–H groups in total. The Morgan fingerprint density at radius 1 is 0.543 bits per heavy atom. The van der Waals surface area contributed by atoms with Crippen molar-refractivity contribution in [1.29, 1.82) is 0 Å². The normalized spacial score (nSPS) is 11.0. The molecule has 0 amide bonds. The molecule has 0 fully saturated rings. The van der Waals surface area contributed by atoms with Gasteiger partial charge < -0.3 is 18.5 Å². The highest BCUT2D eigenvalue weighted by Crippen LogP contribution is 2.49. The molecule has 4 rings (SSSR count). The third-order valence-electron chi connectivity index (χ3n) is 5.13. The molecule has 0 atom stereocenters. The smallest absolute Gasteiger partial charge is 0.430 e. The van der Waals surface area contributed by atoms with Crippen LogP contribution in [0.5, 0.6) is 23.0 Å². The lowest BCUT2D eigenvalue weighted by molar-refractivity contribution is 0.305. The fourth-order valence-electron chi connectivity index (χ4n) is 3.38. The van der Waals surface area contributed by atoms with Gasteiger partial charge in [-0.3, -0.25) is 0 Å². The summed E-state index contributed by atoms with van der Waals surface area (Å²) in [6.07, 6.45) is 0.958. The molecule has 0 spiro atoms. The molecule has 4 aromatic carbocycles. The van der Waals surface area contributed by atoms with Crippen molar-refractivity contribution in [1.82, 2.24) is 0 Å². The van der Waals surface area contributed by atoms with Crippen LogP contribution in [0.25, 0.3) is 0 Å². The Bertz CT molecular complexity index is 1120. The van der Waals surface area contributed by atoms with Crippen molar-refractivity contribution >= 4 is 7.60 Å². The van der Waals surface area contributed by atoms with Gasteiger partial charge in [-0.05, 0) is 66.1 Å². The minimum absolute atomic E-state index is 0.297. The van der Waals surface area contributed by atoms with Crippen molar-refractivity contribution in [3.63, 3.8) is 0 Å². The molecule has 5 nitrogen and oxygen atoms in total. The van der Waals surface area contributed by atoms with E-state index in [9.17, 15) is 4.57 Å². The highest BCUT2D eigenvalue weighted by molar-refractivity contribution is 7.54. The first-order valence-electron chi connectivity index (χ1n) is 11.6. The van der Waals surface area contributed by atoms with E-state index >= 15 is 0 Å². The second kappa shape index (κ2) is 12.1. The summed E-state index contributed by atoms with van der Waals surface area (Å²) in [7, 11) is -3.40. The summed E-state index contributed by atoms with van der Waals surface area (Å²) in [6, 6.07) is 34.1. The summed E-state index contributed by atoms with van der Waals surface area (Å²) in [6.45, 7) is 2.90. The van der Waals surface area contributed by atoms with Crippen molar-refractivity contribution in [3.8, 4) is 23.0 Å². The van der Waals surface area contributed by atoms with Crippen LogP contribution in [0.3, 0.4) is 0 Å². The van der Waals surface area contributed by atoms with Crippen molar-refractivity contribution < 1.29 is 23.1 Å². The molecule has 0 aliphatic carbocycles. The Morgan fingerprint density at radius 2 is 0.914 bits per heavy atom. The van der Waals surface area contributed by atoms with Gasteiger partial charge in [-0.25, -0.2) is 4.57 Å². The number of rotatable bonds is 12. The van der Waals surface area contributed by atoms with Crippen LogP contribution in [-0.4, -0.2) is 6.16 Å². The van der Waals surface area contributed by atoms with E-state index in [1.165, 1.54) is 0 Å². The molecule has 180 valence electrons. The quantitative estimate of drug-likeness (QED) is 0.190. The van der Waals surface area contributed by atoms with Gasteiger partial charge in [0.05, 0.1) is 6.16 Å². The van der Waals surface area contributed by atoms with E-state index < -0.39 is 7.60 Å². The SMILES string of the molecule is CCCP(=O)(Oc1ccc(OCc2ccccc2)cc1)Oc1ccc(OCc2ccccc2)cc1. The second-order valence-corrected chi connectivity index (χ2v) is 10.0. The lowest BCUT2D eigenvalue weighted by atomic mass is 10.2. The lowest BCUT2D eigenvalue weighted by Crippen LogP contribution is -2.05. The van der Waals surface area contributed by atoms with Crippen molar-refractivity contribution in [2.24, 2.45) is 0 Å². The third-order valence-corrected chi connectivity index (χ3v) is 7.10. The Hall–Kier alpha value is -3.69. The summed E-state index contributed by atoms with van der Waals surface area (Å²) in [5.41, 5.74) is 2.18. The topological polar surface area (TPSA) is 54.0 Å². The molecule has 0 saturated carbocycles. The number of hydrogen-bond donors (Lipinski definition) is 0. The Labute approximate surface area is 206 Å². The molecule has 0 aliphatic rings. The van der Waals surface area contributed by atoms with Crippen molar-refractivity contribution in [2.75, 3.05) is 6.16 Å². The van der Waals surface area contributed by atoms with E-state index in [1.54, 1.807) is 48.5 Å². The molecule has 0 aliphatic heterocycles. The lowest BCUT2D eigenvalue weighted by Gasteiger charge is -2.20. The highest BCUT2D eigenvalue weighted by atomic mass is 31.2. The zero-order valence-electron chi connectivity index (χ0n) is 19.7. The zero-order valence-corrected chi connectivity index (χ0v) is 20.6. The molecule has 0 unspecified atom stereocenters. The van der Waals surface area contributed by atoms with E-state index in [4.69, 9.17) is 18.5 Å². The van der Waals surface area contributed by atoms with Crippen LogP contribution in [-0.2, 0) is 17.8 Å². The molecule has 0 bridgehead atoms. The maximum absolute atomic E-state index is 13.4. The molecule has 0 heterocycles. The first-order chi connectivity index (χ1) is 17.1. The van der Waals surface area contributed by atoms with Gasteiger partial charge >= 0.3 is 7.60 Å². The first kappa shape index (κ1) is 24.4. The Kier molecular flexibility index (Phi) is 8.48. The van der Waals surface area contributed by atoms with E-state index in [1.807, 2.05) is 67.6 Å². The molecule has 35 heavy (non-hydrogen) atoms. The second-order valence-electron chi connectivity index (χ2n) is 8.01. The van der Waals surface area contributed by atoms with Gasteiger partial charge in [0.1, 0.15) is 36.2 Å². The fraction of sp³-hybridized carbons (Fsp3) is 0.172. The van der Waals surface area contributed by atoms with E-state index in [-0.39, 0.29) is 0 Å². The van der Waals surface area contributed by atoms with Gasteiger partial charge in [0.2, 0.25) is 0 Å². The summed E-state index contributed by atoms with van der Waals surface area (Å²) >= 11 is 0. The van der Waals surface area contributed by atoms with Gasteiger partial charge in [-0.2, -0.15) is 0 Å². The highest BCUT2D eigenvalue weighted by Gasteiger charge is 2.27. The average Bonchev–Trinajstić information content (AvgIpc) is 2.89. The Morgan fingerprint density at radius 3 is 1.29 bits per heavy atom. The van der Waals surface area contributed by atoms with Gasteiger partial charge in [0, 0.05) is 0 Å². The van der Waals surface area contributed by atoms with Crippen LogP contribution in [0.15, 0.2) is 109 Å². The van der Waals surface area contributed by atoms with Crippen molar-refractivity contribution in [2.45, 2.75) is 26.6 Å². The van der Waals surface area contributed by atoms with Crippen LogP contribution in [0.2, 0.25) is 0 Å². The van der Waals surface area contributed by atoms with Gasteiger partial charge in [0.15, 0.2) is 0 Å². The van der Waals surface area contributed by atoms with Crippen molar-refractivity contribution in [3.05, 3.63) is 120 Å². The fourth-order valence-corrected chi connectivity index (χ4v) is 5.03. The number of ether oxygens (including phenoxy) is 2. The zero-order chi connectivity index (χ0) is 24.3. The molecular formula is C29H29O5P. The average molecular weight is 489 g/mol. The maximum Gasteiger partial charge on any atom is 0.430 e. The molecule has 6 heteroatoms. The predicted molar refractivity (Wildman–Crippen MR) is 138 cm³/mol. The van der Waals surface area contributed by atoms with Crippen LogP contribution in [0, 0.1) is 0 Å². The molecule has 0 aromatic heterocycles. The summed E-state index contributed by atoms with van der Waals surface area (Å²) < 4.78 is 36.8. The number of hydrogen-bond acceptors (Lipinski definition) is 5. The van der Waals surface area contributed by atoms with Crippen LogP contribution >= 0.6 is 7.60 Å². The molecule has 0 saturated heterocycles. The molecule has 4 aromatic rings. The monoisotopic (exact) mass is 488 g/mol. The molecule has 0 radical (unpaired) electrons. The van der Waals surface area contributed by atoms with E-state index in [0.29, 0.717) is 48.8 Å². The van der Waals surface area contributed by atoms with E-state index in [2.05, 4.69) is 0 Å². The number of benzene rings is 4. The summed E-state index contributed by atoms with van der Waals surface area (Å²) in [4.78, 5) is 0. The van der Waals surface area contributed by atoms with Crippen LogP contribution in [0.4, 0.5) is 0 Å². The largest absolute Gasteiger partial charge is 0.489 e. The first-order valence-corrected chi connectivity index (χ1v) is 13.4. The van der Waals surface area contributed by atoms with Crippen LogP contribution in [0.1, 0.15) is 24.5 Å². The van der Waals surface area contributed by atoms with Gasteiger partial charge in [0.25, 0.3) is 0 Å². The minimum atomic E-state index is -3.40. The summed E-state index contributed by atoms with van der Waals surface area (Å²) in [5.74, 6) is 2.35. The maximum atomic E-state index is 13.4. The standard InChI is InChI=1S/C29H29O5P/c1-2-21-35(30,33-28-17-13-26(14-18-28)31-22-24-9-5-3-6-10-24)34-29-19-15-27(16-20-29)32-23-25-11-7-4-8-12-25/h3-20H,2,21-23H2,1H3. The molecular weight excluding hydrogens is 459 g/mol. The Balaban J connectivity index is 1.34. The van der Waals surface area contributed by atoms with Crippen LogP contribution < -0.4 is 18.5 Å². The van der Waals surface area contributed by atoms with E-state index in [0.717, 1.165) is 11.1 Å². The minimum Gasteiger partial charge on any atom is -0.489 e. The predicted octanol–water partition coefficient (Wildman–Crippen LogP) is 7.91. The van der Waals surface area contributed by atoms with Gasteiger partial charge in [-0.1, -0.05) is 67.6 Å². The van der Waals surface area contributed by atoms with Gasteiger partial charge in [-0.15, -0.1) is 0 Å². The third kappa shape index (κ3) is 7.66. The summed E-state index contributed by atoms with van der Waals surface area (Å²) in [5, 5.41) is 0.